The lowest BCUT2D eigenvalue weighted by Gasteiger charge is -2.25. The van der Waals surface area contributed by atoms with Gasteiger partial charge in [-0.05, 0) is 65.2 Å². The summed E-state index contributed by atoms with van der Waals surface area (Å²) in [6, 6.07) is 13.3. The number of carboxylic acid groups (broad SMARTS) is 1. The molecule has 0 aliphatic heterocycles. The quantitative estimate of drug-likeness (QED) is 0.189. The van der Waals surface area contributed by atoms with E-state index in [-0.39, 0.29) is 28.6 Å². The summed E-state index contributed by atoms with van der Waals surface area (Å²) in [7, 11) is 2.76. The summed E-state index contributed by atoms with van der Waals surface area (Å²) >= 11 is 0. The number of rotatable bonds is 12. The first-order chi connectivity index (χ1) is 19.5. The minimum absolute atomic E-state index is 0.00752. The van der Waals surface area contributed by atoms with E-state index in [1.807, 2.05) is 0 Å². The molecule has 0 bridgehead atoms. The smallest absolute Gasteiger partial charge is 0.335 e. The van der Waals surface area contributed by atoms with Crippen molar-refractivity contribution in [3.8, 4) is 23.0 Å². The first-order valence-electron chi connectivity index (χ1n) is 12.3. The predicted molar refractivity (Wildman–Crippen MR) is 151 cm³/mol. The van der Waals surface area contributed by atoms with Crippen molar-refractivity contribution in [2.45, 2.75) is 13.0 Å². The number of hydrogen-bond donors (Lipinski definition) is 4. The Balaban J connectivity index is 2.05. The van der Waals surface area contributed by atoms with E-state index in [0.717, 1.165) is 0 Å². The van der Waals surface area contributed by atoms with Crippen LogP contribution in [0.4, 0.5) is 0 Å². The standard InChI is InChI=1S/C31H29NO9/c1-18(33)32-30(21-8-10-22(11-9-21)31(38)39)29(25(36)14-6-19-4-12-23(34)27(16-19)40-2)26(37)15-7-20-5-13-24(35)28(17-20)41-3/h4-17,29-30,34-35H,1-3H3,(H,32,33)(H,38,39)/b14-6+,15-7+. The molecule has 3 rings (SSSR count). The van der Waals surface area contributed by atoms with Gasteiger partial charge in [0.05, 0.1) is 25.8 Å². The van der Waals surface area contributed by atoms with Gasteiger partial charge >= 0.3 is 5.97 Å². The summed E-state index contributed by atoms with van der Waals surface area (Å²) in [5.41, 5.74) is 1.35. The van der Waals surface area contributed by atoms with E-state index in [1.165, 1.54) is 94.0 Å². The second-order valence-corrected chi connectivity index (χ2v) is 8.92. The van der Waals surface area contributed by atoms with E-state index in [1.54, 1.807) is 12.1 Å². The van der Waals surface area contributed by atoms with Crippen LogP contribution in [0.5, 0.6) is 23.0 Å². The van der Waals surface area contributed by atoms with Crippen molar-refractivity contribution in [1.82, 2.24) is 5.32 Å². The van der Waals surface area contributed by atoms with Gasteiger partial charge in [-0.2, -0.15) is 0 Å². The molecule has 10 nitrogen and oxygen atoms in total. The highest BCUT2D eigenvalue weighted by atomic mass is 16.5. The first kappa shape index (κ1) is 30.2. The Morgan fingerprint density at radius 1 is 0.756 bits per heavy atom. The van der Waals surface area contributed by atoms with Crippen molar-refractivity contribution in [2.24, 2.45) is 5.92 Å². The molecule has 0 radical (unpaired) electrons. The average molecular weight is 560 g/mol. The van der Waals surface area contributed by atoms with E-state index >= 15 is 0 Å². The minimum atomic E-state index is -1.43. The van der Waals surface area contributed by atoms with Gasteiger partial charge in [-0.25, -0.2) is 4.79 Å². The maximum absolute atomic E-state index is 13.6. The lowest BCUT2D eigenvalue weighted by molar-refractivity contribution is -0.129. The number of carbonyl (C=O) groups excluding carboxylic acids is 3. The van der Waals surface area contributed by atoms with Crippen LogP contribution in [0.1, 0.15) is 40.0 Å². The molecule has 212 valence electrons. The zero-order valence-electron chi connectivity index (χ0n) is 22.5. The molecule has 4 N–H and O–H groups in total. The van der Waals surface area contributed by atoms with Gasteiger partial charge in [0.1, 0.15) is 5.92 Å². The Hall–Kier alpha value is -5.38. The van der Waals surface area contributed by atoms with E-state index in [0.29, 0.717) is 16.7 Å². The number of aromatic hydroxyl groups is 2. The fourth-order valence-corrected chi connectivity index (χ4v) is 4.04. The van der Waals surface area contributed by atoms with Crippen molar-refractivity contribution in [3.05, 3.63) is 95.1 Å². The van der Waals surface area contributed by atoms with Crippen LogP contribution in [0, 0.1) is 5.92 Å². The Labute approximate surface area is 236 Å². The van der Waals surface area contributed by atoms with Gasteiger partial charge in [-0.15, -0.1) is 0 Å². The molecule has 3 aromatic carbocycles. The number of benzene rings is 3. The van der Waals surface area contributed by atoms with Crippen molar-refractivity contribution in [3.63, 3.8) is 0 Å². The van der Waals surface area contributed by atoms with Gasteiger partial charge < -0.3 is 30.1 Å². The number of amides is 1. The summed E-state index contributed by atoms with van der Waals surface area (Å²) in [4.78, 5) is 50.7. The van der Waals surface area contributed by atoms with Crippen LogP contribution < -0.4 is 14.8 Å². The lowest BCUT2D eigenvalue weighted by Crippen LogP contribution is -2.39. The van der Waals surface area contributed by atoms with Crippen LogP contribution in [0.3, 0.4) is 0 Å². The van der Waals surface area contributed by atoms with Crippen LogP contribution in [-0.2, 0) is 14.4 Å². The number of carboxylic acids is 1. The predicted octanol–water partition coefficient (Wildman–Crippen LogP) is 4.17. The Morgan fingerprint density at radius 3 is 1.61 bits per heavy atom. The van der Waals surface area contributed by atoms with Crippen molar-refractivity contribution in [1.29, 1.82) is 0 Å². The highest BCUT2D eigenvalue weighted by Gasteiger charge is 2.34. The summed E-state index contributed by atoms with van der Waals surface area (Å²) in [5, 5.41) is 31.6. The number of nitrogens with one attached hydrogen (secondary N) is 1. The fourth-order valence-electron chi connectivity index (χ4n) is 4.04. The van der Waals surface area contributed by atoms with Crippen LogP contribution >= 0.6 is 0 Å². The largest absolute Gasteiger partial charge is 0.504 e. The average Bonchev–Trinajstić information content (AvgIpc) is 2.95. The van der Waals surface area contributed by atoms with Gasteiger partial charge in [0.25, 0.3) is 0 Å². The third-order valence-corrected chi connectivity index (χ3v) is 6.11. The molecule has 0 saturated carbocycles. The van der Waals surface area contributed by atoms with E-state index in [9.17, 15) is 34.5 Å². The Kier molecular flexibility index (Phi) is 10.0. The second-order valence-electron chi connectivity index (χ2n) is 8.92. The Morgan fingerprint density at radius 2 is 1.22 bits per heavy atom. The lowest BCUT2D eigenvalue weighted by atomic mass is 9.85. The molecule has 0 heterocycles. The highest BCUT2D eigenvalue weighted by Crippen LogP contribution is 2.30. The molecule has 3 aromatic rings. The number of carbonyl (C=O) groups is 4. The molecular formula is C31H29NO9. The van der Waals surface area contributed by atoms with E-state index < -0.39 is 35.4 Å². The molecule has 0 spiro atoms. The van der Waals surface area contributed by atoms with Crippen LogP contribution in [0.15, 0.2) is 72.8 Å². The number of phenols is 2. The minimum Gasteiger partial charge on any atom is -0.504 e. The van der Waals surface area contributed by atoms with E-state index in [4.69, 9.17) is 9.47 Å². The number of aromatic carboxylic acids is 1. The molecule has 0 aromatic heterocycles. The number of allylic oxidation sites excluding steroid dienone is 2. The van der Waals surface area contributed by atoms with Crippen molar-refractivity contribution < 1.29 is 44.0 Å². The van der Waals surface area contributed by atoms with Gasteiger partial charge in [-0.1, -0.05) is 36.4 Å². The molecule has 0 fully saturated rings. The second kappa shape index (κ2) is 13.6. The molecule has 0 aliphatic rings. The summed E-state index contributed by atoms with van der Waals surface area (Å²) in [6.07, 6.45) is 5.26. The number of phenolic OH excluding ortho intramolecular Hbond substituents is 2. The SMILES string of the molecule is COc1cc(/C=C/C(=O)C(C(=O)/C=C/c2ccc(O)c(OC)c2)C(NC(C)=O)c2ccc(C(=O)O)cc2)ccc1O. The van der Waals surface area contributed by atoms with Crippen molar-refractivity contribution >= 4 is 35.6 Å². The monoisotopic (exact) mass is 559 g/mol. The summed E-state index contributed by atoms with van der Waals surface area (Å²) < 4.78 is 10.2. The first-order valence-corrected chi connectivity index (χ1v) is 12.3. The summed E-state index contributed by atoms with van der Waals surface area (Å²) in [6.45, 7) is 1.24. The number of ether oxygens (including phenoxy) is 2. The van der Waals surface area contributed by atoms with Gasteiger partial charge in [0.2, 0.25) is 5.91 Å². The molecule has 1 amide bonds. The zero-order valence-corrected chi connectivity index (χ0v) is 22.5. The third kappa shape index (κ3) is 7.82. The maximum Gasteiger partial charge on any atom is 0.335 e. The highest BCUT2D eigenvalue weighted by molar-refractivity contribution is 6.14. The normalized spacial score (nSPS) is 11.9. The number of hydrogen-bond acceptors (Lipinski definition) is 8. The zero-order chi connectivity index (χ0) is 30.1. The molecule has 1 atom stereocenters. The van der Waals surface area contributed by atoms with Gasteiger partial charge in [0.15, 0.2) is 34.6 Å². The molecule has 0 saturated heterocycles. The number of methoxy groups -OCH3 is 2. The van der Waals surface area contributed by atoms with Gasteiger partial charge in [-0.3, -0.25) is 14.4 Å². The van der Waals surface area contributed by atoms with Crippen LogP contribution in [-0.4, -0.2) is 53.0 Å². The van der Waals surface area contributed by atoms with E-state index in [2.05, 4.69) is 5.32 Å². The van der Waals surface area contributed by atoms with Gasteiger partial charge in [0, 0.05) is 6.92 Å². The van der Waals surface area contributed by atoms with Crippen LogP contribution in [0.25, 0.3) is 12.2 Å². The third-order valence-electron chi connectivity index (χ3n) is 6.11. The van der Waals surface area contributed by atoms with Crippen molar-refractivity contribution in [2.75, 3.05) is 14.2 Å². The molecular weight excluding hydrogens is 530 g/mol. The molecule has 0 aliphatic carbocycles. The Bertz CT molecular complexity index is 1430. The maximum atomic E-state index is 13.6. The molecule has 1 unspecified atom stereocenters. The molecule has 10 heteroatoms. The molecule has 41 heavy (non-hydrogen) atoms. The topological polar surface area (TPSA) is 159 Å². The number of ketones is 2. The fraction of sp³-hybridized carbons (Fsp3) is 0.161. The van der Waals surface area contributed by atoms with Crippen LogP contribution in [0.2, 0.25) is 0 Å². The summed E-state index contributed by atoms with van der Waals surface area (Å²) in [5.74, 6) is -4.18.